The topological polar surface area (TPSA) is 105 Å². The fourth-order valence-electron chi connectivity index (χ4n) is 3.95. The summed E-state index contributed by atoms with van der Waals surface area (Å²) < 4.78 is 10.3. The van der Waals surface area contributed by atoms with Crippen molar-refractivity contribution in [1.82, 2.24) is 14.9 Å². The van der Waals surface area contributed by atoms with Crippen molar-refractivity contribution in [3.63, 3.8) is 0 Å². The summed E-state index contributed by atoms with van der Waals surface area (Å²) in [5.74, 6) is 0.893. The second-order valence-corrected chi connectivity index (χ2v) is 9.44. The van der Waals surface area contributed by atoms with E-state index in [0.717, 1.165) is 29.5 Å². The number of aliphatic hydroxyl groups is 1. The van der Waals surface area contributed by atoms with E-state index in [9.17, 15) is 14.7 Å². The Bertz CT molecular complexity index is 941. The molecular formula is C22H33N3O5S. The number of H-pyrrole nitrogens is 1. The normalized spacial score (nSPS) is 17.1. The Morgan fingerprint density at radius 2 is 2.26 bits per heavy atom. The summed E-state index contributed by atoms with van der Waals surface area (Å²) in [4.78, 5) is 36.1. The number of nitrogens with zero attached hydrogens (tertiary/aromatic N) is 2. The molecule has 0 amide bonds. The second-order valence-electron chi connectivity index (χ2n) is 8.36. The molecule has 172 valence electrons. The molecule has 0 fully saturated rings. The van der Waals surface area contributed by atoms with Gasteiger partial charge >= 0.3 is 5.97 Å². The van der Waals surface area contributed by atoms with Crippen LogP contribution < -0.4 is 5.56 Å². The first kappa shape index (κ1) is 23.8. The lowest BCUT2D eigenvalue weighted by Gasteiger charge is -2.24. The number of carbonyl (C=O) groups excluding carboxylic acids is 1. The molecule has 8 nitrogen and oxygen atoms in total. The molecule has 0 saturated carbocycles. The van der Waals surface area contributed by atoms with Crippen molar-refractivity contribution in [2.24, 2.45) is 5.92 Å². The maximum absolute atomic E-state index is 12.8. The summed E-state index contributed by atoms with van der Waals surface area (Å²) in [6.07, 6.45) is 3.27. The highest BCUT2D eigenvalue weighted by Gasteiger charge is 2.23. The van der Waals surface area contributed by atoms with Crippen molar-refractivity contribution < 1.29 is 19.4 Å². The highest BCUT2D eigenvalue weighted by molar-refractivity contribution is 7.18. The summed E-state index contributed by atoms with van der Waals surface area (Å²) >= 11 is 1.63. The Morgan fingerprint density at radius 1 is 1.45 bits per heavy atom. The van der Waals surface area contributed by atoms with Crippen LogP contribution in [0, 0.1) is 5.92 Å². The molecule has 2 heterocycles. The fourth-order valence-corrected chi connectivity index (χ4v) is 5.35. The van der Waals surface area contributed by atoms with Crippen molar-refractivity contribution in [2.75, 3.05) is 33.4 Å². The van der Waals surface area contributed by atoms with Crippen LogP contribution in [0.4, 0.5) is 0 Å². The van der Waals surface area contributed by atoms with E-state index < -0.39 is 6.10 Å². The van der Waals surface area contributed by atoms with E-state index in [1.807, 2.05) is 11.8 Å². The van der Waals surface area contributed by atoms with E-state index in [2.05, 4.69) is 11.9 Å². The SMILES string of the molecule is CCCC(=O)OC[C@H](O)CN(CCOC)Cc1nc2sc3c(c2c(=O)[nH]1)CC[C@H](C)C3. The zero-order valence-corrected chi connectivity index (χ0v) is 19.4. The Kier molecular flexibility index (Phi) is 8.59. The molecule has 1 aliphatic carbocycles. The molecule has 0 aromatic carbocycles. The lowest BCUT2D eigenvalue weighted by atomic mass is 9.89. The zero-order chi connectivity index (χ0) is 22.4. The van der Waals surface area contributed by atoms with Gasteiger partial charge in [0.25, 0.3) is 5.56 Å². The summed E-state index contributed by atoms with van der Waals surface area (Å²) in [6.45, 7) is 5.77. The monoisotopic (exact) mass is 451 g/mol. The fraction of sp³-hybridized carbons (Fsp3) is 0.682. The number of aliphatic hydroxyl groups excluding tert-OH is 1. The van der Waals surface area contributed by atoms with E-state index in [1.54, 1.807) is 18.4 Å². The van der Waals surface area contributed by atoms with Gasteiger partial charge in [0.15, 0.2) is 0 Å². The number of aryl methyl sites for hydroxylation is 1. The van der Waals surface area contributed by atoms with Gasteiger partial charge in [0.2, 0.25) is 0 Å². The number of carbonyl (C=O) groups is 1. The van der Waals surface area contributed by atoms with Crippen LogP contribution in [-0.2, 0) is 33.7 Å². The number of hydrogen-bond acceptors (Lipinski definition) is 8. The molecule has 0 radical (unpaired) electrons. The maximum atomic E-state index is 12.8. The number of esters is 1. The van der Waals surface area contributed by atoms with E-state index in [-0.39, 0.29) is 24.7 Å². The van der Waals surface area contributed by atoms with Crippen LogP contribution in [-0.4, -0.2) is 65.5 Å². The number of nitrogens with one attached hydrogen (secondary N) is 1. The number of methoxy groups -OCH3 is 1. The number of aromatic amines is 1. The van der Waals surface area contributed by atoms with Crippen molar-refractivity contribution in [3.8, 4) is 0 Å². The largest absolute Gasteiger partial charge is 0.463 e. The summed E-state index contributed by atoms with van der Waals surface area (Å²) in [5.41, 5.74) is 1.08. The van der Waals surface area contributed by atoms with E-state index in [4.69, 9.17) is 14.5 Å². The summed E-state index contributed by atoms with van der Waals surface area (Å²) in [7, 11) is 1.62. The van der Waals surface area contributed by atoms with E-state index >= 15 is 0 Å². The smallest absolute Gasteiger partial charge is 0.305 e. The number of ether oxygens (including phenoxy) is 2. The molecule has 2 aromatic rings. The standard InChI is InChI=1S/C22H33N3O5S/c1-4-5-19(27)30-13-15(26)11-25(8-9-29-3)12-18-23-21(28)20-16-7-6-14(2)10-17(16)31-22(20)24-18/h14-15,26H,4-13H2,1-3H3,(H,23,24,28)/t14-,15+/m0/s1. The van der Waals surface area contributed by atoms with Gasteiger partial charge in [0, 0.05) is 31.5 Å². The number of aromatic nitrogens is 2. The molecule has 1 aliphatic rings. The highest BCUT2D eigenvalue weighted by atomic mass is 32.1. The van der Waals surface area contributed by atoms with Crippen LogP contribution in [0.5, 0.6) is 0 Å². The van der Waals surface area contributed by atoms with Crippen LogP contribution in [0.2, 0.25) is 0 Å². The van der Waals surface area contributed by atoms with Crippen LogP contribution in [0.3, 0.4) is 0 Å². The van der Waals surface area contributed by atoms with Crippen molar-refractivity contribution in [3.05, 3.63) is 26.6 Å². The van der Waals surface area contributed by atoms with Crippen LogP contribution in [0.1, 0.15) is 49.4 Å². The molecule has 9 heteroatoms. The van der Waals surface area contributed by atoms with Gasteiger partial charge in [-0.2, -0.15) is 0 Å². The van der Waals surface area contributed by atoms with Gasteiger partial charge < -0.3 is 19.6 Å². The molecule has 0 saturated heterocycles. The second kappa shape index (κ2) is 11.2. The molecular weight excluding hydrogens is 418 g/mol. The zero-order valence-electron chi connectivity index (χ0n) is 18.6. The first-order valence-corrected chi connectivity index (χ1v) is 11.8. The predicted octanol–water partition coefficient (Wildman–Crippen LogP) is 2.26. The van der Waals surface area contributed by atoms with Crippen LogP contribution in [0.25, 0.3) is 10.2 Å². The lowest BCUT2D eigenvalue weighted by Crippen LogP contribution is -2.37. The van der Waals surface area contributed by atoms with Gasteiger partial charge in [-0.05, 0) is 37.2 Å². The van der Waals surface area contributed by atoms with Gasteiger partial charge in [-0.15, -0.1) is 11.3 Å². The highest BCUT2D eigenvalue weighted by Crippen LogP contribution is 2.35. The molecule has 2 atom stereocenters. The average molecular weight is 452 g/mol. The van der Waals surface area contributed by atoms with Crippen molar-refractivity contribution in [1.29, 1.82) is 0 Å². The Hall–Kier alpha value is -1.81. The predicted molar refractivity (Wildman–Crippen MR) is 120 cm³/mol. The van der Waals surface area contributed by atoms with Gasteiger partial charge in [-0.3, -0.25) is 14.5 Å². The third-order valence-electron chi connectivity index (χ3n) is 5.56. The third-order valence-corrected chi connectivity index (χ3v) is 6.71. The van der Waals surface area contributed by atoms with Crippen LogP contribution >= 0.6 is 11.3 Å². The minimum Gasteiger partial charge on any atom is -0.463 e. The molecule has 0 unspecified atom stereocenters. The van der Waals surface area contributed by atoms with Crippen LogP contribution in [0.15, 0.2) is 4.79 Å². The van der Waals surface area contributed by atoms with Gasteiger partial charge in [0.05, 0.1) is 18.5 Å². The average Bonchev–Trinajstić information content (AvgIpc) is 3.08. The van der Waals surface area contributed by atoms with E-state index in [1.165, 1.54) is 10.4 Å². The first-order chi connectivity index (χ1) is 14.9. The molecule has 0 bridgehead atoms. The lowest BCUT2D eigenvalue weighted by molar-refractivity contribution is -0.147. The number of thiophene rings is 1. The molecule has 0 spiro atoms. The van der Waals surface area contributed by atoms with Gasteiger partial charge in [-0.25, -0.2) is 4.98 Å². The third kappa shape index (κ3) is 6.35. The summed E-state index contributed by atoms with van der Waals surface area (Å²) in [6, 6.07) is 0. The summed E-state index contributed by atoms with van der Waals surface area (Å²) in [5, 5.41) is 11.1. The molecule has 2 N–H and O–H groups in total. The quantitative estimate of drug-likeness (QED) is 0.505. The Morgan fingerprint density at radius 3 is 3.00 bits per heavy atom. The number of fused-ring (bicyclic) bond motifs is 3. The van der Waals surface area contributed by atoms with Crippen molar-refractivity contribution in [2.45, 2.75) is 58.6 Å². The minimum absolute atomic E-state index is 0.0544. The van der Waals surface area contributed by atoms with Gasteiger partial charge in [-0.1, -0.05) is 13.8 Å². The molecule has 2 aromatic heterocycles. The van der Waals surface area contributed by atoms with Crippen molar-refractivity contribution >= 4 is 27.5 Å². The first-order valence-electron chi connectivity index (χ1n) is 11.0. The minimum atomic E-state index is -0.830. The van der Waals surface area contributed by atoms with E-state index in [0.29, 0.717) is 44.3 Å². The van der Waals surface area contributed by atoms with Gasteiger partial charge in [0.1, 0.15) is 23.4 Å². The number of rotatable bonds is 11. The molecule has 3 rings (SSSR count). The molecule has 31 heavy (non-hydrogen) atoms. The maximum Gasteiger partial charge on any atom is 0.305 e. The number of hydrogen-bond donors (Lipinski definition) is 2. The molecule has 0 aliphatic heterocycles. The Labute approximate surface area is 186 Å². The Balaban J connectivity index is 1.71.